The van der Waals surface area contributed by atoms with Gasteiger partial charge in [0, 0.05) is 36.2 Å². The maximum Gasteiger partial charge on any atom is 0.228 e. The summed E-state index contributed by atoms with van der Waals surface area (Å²) in [6.45, 7) is 1.70. The number of nitrogens with zero attached hydrogens (tertiary/aromatic N) is 4. The van der Waals surface area contributed by atoms with Gasteiger partial charge in [-0.3, -0.25) is 5.10 Å². The normalized spacial score (nSPS) is 16.4. The molecule has 6 heteroatoms. The number of fused-ring (bicyclic) bond motifs is 1. The molecule has 0 bridgehead atoms. The number of hydrogen-bond acceptors (Lipinski definition) is 5. The third-order valence-corrected chi connectivity index (χ3v) is 6.09. The van der Waals surface area contributed by atoms with Crippen LogP contribution < -0.4 is 10.2 Å². The van der Waals surface area contributed by atoms with Crippen LogP contribution in [0.2, 0.25) is 0 Å². The van der Waals surface area contributed by atoms with Gasteiger partial charge in [-0.25, -0.2) is 4.98 Å². The van der Waals surface area contributed by atoms with Crippen molar-refractivity contribution in [2.24, 2.45) is 0 Å². The number of aromatic nitrogens is 4. The van der Waals surface area contributed by atoms with E-state index < -0.39 is 0 Å². The minimum atomic E-state index is 0.639. The molecule has 0 atom stereocenters. The molecule has 3 heterocycles. The molecule has 1 fully saturated rings. The van der Waals surface area contributed by atoms with Crippen molar-refractivity contribution in [3.63, 3.8) is 0 Å². The summed E-state index contributed by atoms with van der Waals surface area (Å²) in [4.78, 5) is 12.0. The summed E-state index contributed by atoms with van der Waals surface area (Å²) in [6, 6.07) is 20.8. The second-order valence-corrected chi connectivity index (χ2v) is 8.29. The number of para-hydroxylation sites is 1. The molecule has 1 aliphatic carbocycles. The molecule has 0 amide bonds. The minimum Gasteiger partial charge on any atom is -0.337 e. The Morgan fingerprint density at radius 1 is 0.968 bits per heavy atom. The van der Waals surface area contributed by atoms with Crippen molar-refractivity contribution in [3.8, 4) is 0 Å². The monoisotopic (exact) mass is 408 g/mol. The standard InChI is InChI=1S/C25H24N6/c1-2-6-17(7-3-1)18-12-14-31(15-13-18)25-26-21-9-5-4-8-20(21)24(28-25)27-23-16-22(29-30-23)19-10-11-19/h1-9,12,16,19H,10-11,13-15H2,(H2,26,27,28,29,30). The fourth-order valence-corrected chi connectivity index (χ4v) is 4.19. The molecule has 154 valence electrons. The van der Waals surface area contributed by atoms with Gasteiger partial charge in [0.2, 0.25) is 5.95 Å². The van der Waals surface area contributed by atoms with E-state index in [1.165, 1.54) is 29.7 Å². The van der Waals surface area contributed by atoms with Crippen LogP contribution in [-0.4, -0.2) is 33.3 Å². The SMILES string of the molecule is C1=C(c2ccccc2)CCN(c2nc(Nc3cc(C4CC4)[nH]n3)c3ccccc3n2)C1. The molecule has 1 saturated carbocycles. The van der Waals surface area contributed by atoms with Crippen molar-refractivity contribution in [1.82, 2.24) is 20.2 Å². The van der Waals surface area contributed by atoms with Crippen LogP contribution in [-0.2, 0) is 0 Å². The van der Waals surface area contributed by atoms with Gasteiger partial charge in [-0.2, -0.15) is 10.1 Å². The lowest BCUT2D eigenvalue weighted by Crippen LogP contribution is -2.30. The average molecular weight is 409 g/mol. The Labute approximate surface area is 181 Å². The van der Waals surface area contributed by atoms with E-state index in [1.54, 1.807) is 0 Å². The number of anilines is 3. The van der Waals surface area contributed by atoms with Crippen molar-refractivity contribution in [1.29, 1.82) is 0 Å². The summed E-state index contributed by atoms with van der Waals surface area (Å²) in [6.07, 6.45) is 5.76. The molecule has 0 saturated heterocycles. The first-order valence-electron chi connectivity index (χ1n) is 10.9. The van der Waals surface area contributed by atoms with Crippen molar-refractivity contribution in [2.75, 3.05) is 23.3 Å². The maximum absolute atomic E-state index is 4.91. The van der Waals surface area contributed by atoms with E-state index in [0.29, 0.717) is 5.92 Å². The fraction of sp³-hybridized carbons (Fsp3) is 0.240. The van der Waals surface area contributed by atoms with Crippen LogP contribution in [0.15, 0.2) is 66.7 Å². The molecule has 4 aromatic rings. The lowest BCUT2D eigenvalue weighted by atomic mass is 10.00. The molecule has 2 aromatic carbocycles. The Balaban J connectivity index is 1.30. The number of aromatic amines is 1. The van der Waals surface area contributed by atoms with Gasteiger partial charge in [0.1, 0.15) is 5.82 Å². The van der Waals surface area contributed by atoms with Gasteiger partial charge in [0.15, 0.2) is 5.82 Å². The van der Waals surface area contributed by atoms with Crippen LogP contribution in [0.4, 0.5) is 17.6 Å². The molecule has 2 aromatic heterocycles. The van der Waals surface area contributed by atoms with Crippen LogP contribution in [0.25, 0.3) is 16.5 Å². The van der Waals surface area contributed by atoms with Crippen molar-refractivity contribution >= 4 is 34.1 Å². The third kappa shape index (κ3) is 3.65. The van der Waals surface area contributed by atoms with E-state index in [-0.39, 0.29) is 0 Å². The molecule has 0 radical (unpaired) electrons. The third-order valence-electron chi connectivity index (χ3n) is 6.09. The Hall–Kier alpha value is -3.67. The number of rotatable bonds is 5. The topological polar surface area (TPSA) is 69.7 Å². The van der Waals surface area contributed by atoms with Crippen molar-refractivity contribution < 1.29 is 0 Å². The fourth-order valence-electron chi connectivity index (χ4n) is 4.19. The van der Waals surface area contributed by atoms with E-state index in [0.717, 1.165) is 48.0 Å². The summed E-state index contributed by atoms with van der Waals surface area (Å²) < 4.78 is 0. The van der Waals surface area contributed by atoms with E-state index in [4.69, 9.17) is 9.97 Å². The molecular formula is C25H24N6. The quantitative estimate of drug-likeness (QED) is 0.471. The highest BCUT2D eigenvalue weighted by Gasteiger charge is 2.26. The summed E-state index contributed by atoms with van der Waals surface area (Å²) in [5, 5.41) is 12.0. The Morgan fingerprint density at radius 3 is 2.61 bits per heavy atom. The first kappa shape index (κ1) is 18.1. The van der Waals surface area contributed by atoms with Crippen LogP contribution >= 0.6 is 0 Å². The zero-order valence-electron chi connectivity index (χ0n) is 17.3. The van der Waals surface area contributed by atoms with Crippen LogP contribution in [0.3, 0.4) is 0 Å². The Kier molecular flexibility index (Phi) is 4.41. The van der Waals surface area contributed by atoms with Gasteiger partial charge in [0.25, 0.3) is 0 Å². The van der Waals surface area contributed by atoms with Gasteiger partial charge in [-0.05, 0) is 42.5 Å². The second kappa shape index (κ2) is 7.54. The molecule has 2 N–H and O–H groups in total. The largest absolute Gasteiger partial charge is 0.337 e. The molecule has 31 heavy (non-hydrogen) atoms. The predicted octanol–water partition coefficient (Wildman–Crippen LogP) is 5.27. The summed E-state index contributed by atoms with van der Waals surface area (Å²) in [5.74, 6) is 3.00. The molecule has 6 rings (SSSR count). The molecule has 1 aliphatic heterocycles. The van der Waals surface area contributed by atoms with E-state index in [9.17, 15) is 0 Å². The van der Waals surface area contributed by atoms with Crippen LogP contribution in [0.5, 0.6) is 0 Å². The highest BCUT2D eigenvalue weighted by atomic mass is 15.3. The zero-order valence-corrected chi connectivity index (χ0v) is 17.3. The molecular weight excluding hydrogens is 384 g/mol. The van der Waals surface area contributed by atoms with Crippen molar-refractivity contribution in [2.45, 2.75) is 25.2 Å². The Bertz CT molecular complexity index is 1260. The molecule has 2 aliphatic rings. The highest BCUT2D eigenvalue weighted by Crippen LogP contribution is 2.40. The highest BCUT2D eigenvalue weighted by molar-refractivity contribution is 5.91. The summed E-state index contributed by atoms with van der Waals surface area (Å²) in [7, 11) is 0. The first-order valence-corrected chi connectivity index (χ1v) is 10.9. The number of benzene rings is 2. The van der Waals surface area contributed by atoms with Gasteiger partial charge < -0.3 is 10.2 Å². The molecule has 6 nitrogen and oxygen atoms in total. The average Bonchev–Trinajstić information content (AvgIpc) is 3.58. The predicted molar refractivity (Wildman–Crippen MR) is 125 cm³/mol. The minimum absolute atomic E-state index is 0.639. The first-order chi connectivity index (χ1) is 15.3. The zero-order chi connectivity index (χ0) is 20.6. The second-order valence-electron chi connectivity index (χ2n) is 8.29. The molecule has 0 unspecified atom stereocenters. The lowest BCUT2D eigenvalue weighted by molar-refractivity contribution is 0.801. The van der Waals surface area contributed by atoms with E-state index >= 15 is 0 Å². The number of H-pyrrole nitrogens is 1. The maximum atomic E-state index is 4.91. The van der Waals surface area contributed by atoms with Crippen LogP contribution in [0, 0.1) is 0 Å². The number of nitrogens with one attached hydrogen (secondary N) is 2. The molecule has 0 spiro atoms. The summed E-state index contributed by atoms with van der Waals surface area (Å²) in [5.41, 5.74) is 4.83. The van der Waals surface area contributed by atoms with E-state index in [2.05, 4.69) is 69.0 Å². The van der Waals surface area contributed by atoms with Gasteiger partial charge in [-0.15, -0.1) is 0 Å². The van der Waals surface area contributed by atoms with Gasteiger partial charge >= 0.3 is 0 Å². The van der Waals surface area contributed by atoms with Gasteiger partial charge in [-0.1, -0.05) is 48.5 Å². The number of hydrogen-bond donors (Lipinski definition) is 2. The Morgan fingerprint density at radius 2 is 1.81 bits per heavy atom. The lowest BCUT2D eigenvalue weighted by Gasteiger charge is -2.27. The van der Waals surface area contributed by atoms with Crippen molar-refractivity contribution in [3.05, 3.63) is 78.0 Å². The van der Waals surface area contributed by atoms with E-state index in [1.807, 2.05) is 18.2 Å². The van der Waals surface area contributed by atoms with Gasteiger partial charge in [0.05, 0.1) is 5.52 Å². The van der Waals surface area contributed by atoms with Crippen LogP contribution in [0.1, 0.15) is 36.4 Å². The summed E-state index contributed by atoms with van der Waals surface area (Å²) >= 11 is 0. The smallest absolute Gasteiger partial charge is 0.228 e.